The largest absolute Gasteiger partial charge is 0.398 e. The zero-order valence-corrected chi connectivity index (χ0v) is 15.4. The molecule has 1 heterocycles. The first kappa shape index (κ1) is 17.5. The van der Waals surface area contributed by atoms with Crippen LogP contribution in [0.3, 0.4) is 0 Å². The van der Waals surface area contributed by atoms with Crippen molar-refractivity contribution in [2.75, 3.05) is 12.3 Å². The van der Waals surface area contributed by atoms with E-state index in [4.69, 9.17) is 10.7 Å². The number of nitrogens with zero attached hydrogens (tertiary/aromatic N) is 2. The van der Waals surface area contributed by atoms with Crippen LogP contribution in [0.2, 0.25) is 0 Å². The van der Waals surface area contributed by atoms with Crippen LogP contribution in [0.5, 0.6) is 0 Å². The predicted octanol–water partition coefficient (Wildman–Crippen LogP) is 5.05. The fourth-order valence-corrected chi connectivity index (χ4v) is 3.51. The molecule has 0 spiro atoms. The molecule has 1 unspecified atom stereocenters. The van der Waals surface area contributed by atoms with E-state index < -0.39 is 0 Å². The molecule has 0 amide bonds. The first-order valence-corrected chi connectivity index (χ1v) is 9.35. The first-order valence-electron chi connectivity index (χ1n) is 9.35. The van der Waals surface area contributed by atoms with Crippen molar-refractivity contribution in [3.05, 3.63) is 65.7 Å². The maximum absolute atomic E-state index is 6.24. The van der Waals surface area contributed by atoms with E-state index in [2.05, 4.69) is 61.2 Å². The summed E-state index contributed by atoms with van der Waals surface area (Å²) in [5.74, 6) is 1.65. The Morgan fingerprint density at radius 1 is 1.00 bits per heavy atom. The number of aliphatic imine (C=N–C) groups is 1. The number of likely N-dealkylation sites (tertiary alicyclic amines) is 1. The van der Waals surface area contributed by atoms with Gasteiger partial charge in [0.1, 0.15) is 0 Å². The van der Waals surface area contributed by atoms with Gasteiger partial charge >= 0.3 is 0 Å². The van der Waals surface area contributed by atoms with E-state index in [1.165, 1.54) is 24.2 Å². The summed E-state index contributed by atoms with van der Waals surface area (Å²) >= 11 is 0. The maximum atomic E-state index is 6.24. The van der Waals surface area contributed by atoms with Crippen molar-refractivity contribution in [1.29, 1.82) is 0 Å². The lowest BCUT2D eigenvalue weighted by Gasteiger charge is -2.32. The van der Waals surface area contributed by atoms with Gasteiger partial charge in [0.15, 0.2) is 0 Å². The number of piperidine rings is 1. The van der Waals surface area contributed by atoms with Crippen molar-refractivity contribution < 1.29 is 0 Å². The highest BCUT2D eigenvalue weighted by Crippen LogP contribution is 2.31. The van der Waals surface area contributed by atoms with Crippen LogP contribution in [0.4, 0.5) is 5.69 Å². The maximum Gasteiger partial charge on any atom is 0.0999 e. The van der Waals surface area contributed by atoms with Crippen LogP contribution < -0.4 is 5.73 Å². The topological polar surface area (TPSA) is 41.6 Å². The molecule has 1 fully saturated rings. The fourth-order valence-electron chi connectivity index (χ4n) is 3.51. The van der Waals surface area contributed by atoms with Gasteiger partial charge in [-0.3, -0.25) is 4.99 Å². The molecule has 2 N–H and O–H groups in total. The van der Waals surface area contributed by atoms with E-state index >= 15 is 0 Å². The molecule has 2 aromatic rings. The van der Waals surface area contributed by atoms with Crippen LogP contribution in [-0.4, -0.2) is 17.3 Å². The average Bonchev–Trinajstić information content (AvgIpc) is 2.62. The zero-order valence-electron chi connectivity index (χ0n) is 15.4. The Morgan fingerprint density at radius 2 is 1.72 bits per heavy atom. The molecular formula is C22H29N3. The minimum atomic E-state index is 0.118. The van der Waals surface area contributed by atoms with E-state index in [1.807, 2.05) is 12.1 Å². The van der Waals surface area contributed by atoms with Gasteiger partial charge in [-0.25, -0.2) is 0 Å². The first-order chi connectivity index (χ1) is 12.1. The van der Waals surface area contributed by atoms with Gasteiger partial charge in [-0.15, -0.1) is 0 Å². The summed E-state index contributed by atoms with van der Waals surface area (Å²) in [6.07, 6.45) is 3.52. The third-order valence-corrected chi connectivity index (χ3v) is 4.89. The Morgan fingerprint density at radius 3 is 2.44 bits per heavy atom. The molecule has 132 valence electrons. The van der Waals surface area contributed by atoms with Crippen molar-refractivity contribution in [3.8, 4) is 0 Å². The Hall–Kier alpha value is -2.29. The summed E-state index contributed by atoms with van der Waals surface area (Å²) in [5.41, 5.74) is 9.58. The smallest absolute Gasteiger partial charge is 0.0999 e. The summed E-state index contributed by atoms with van der Waals surface area (Å²) in [5, 5.41) is 0. The Balaban J connectivity index is 1.87. The summed E-state index contributed by atoms with van der Waals surface area (Å²) in [6.45, 7) is 6.48. The van der Waals surface area contributed by atoms with Crippen molar-refractivity contribution in [2.24, 2.45) is 10.9 Å². The number of benzene rings is 2. The Bertz CT molecular complexity index is 706. The van der Waals surface area contributed by atoms with E-state index in [9.17, 15) is 0 Å². The Labute approximate surface area is 151 Å². The van der Waals surface area contributed by atoms with Crippen molar-refractivity contribution in [1.82, 2.24) is 4.90 Å². The molecule has 25 heavy (non-hydrogen) atoms. The van der Waals surface area contributed by atoms with Crippen molar-refractivity contribution in [2.45, 2.75) is 45.7 Å². The summed E-state index contributed by atoms with van der Waals surface area (Å²) in [7, 11) is 0. The third-order valence-electron chi connectivity index (χ3n) is 4.89. The van der Waals surface area contributed by atoms with Crippen LogP contribution in [-0.2, 0) is 6.54 Å². The molecule has 0 aromatic heterocycles. The molecule has 3 heteroatoms. The van der Waals surface area contributed by atoms with Crippen LogP contribution in [0.25, 0.3) is 0 Å². The van der Waals surface area contributed by atoms with Gasteiger partial charge < -0.3 is 10.6 Å². The minimum Gasteiger partial charge on any atom is -0.398 e. The molecule has 2 aromatic carbocycles. The van der Waals surface area contributed by atoms with E-state index in [-0.39, 0.29) is 6.04 Å². The lowest BCUT2D eigenvalue weighted by atomic mass is 9.95. The number of hydrogen-bond acceptors (Lipinski definition) is 2. The molecule has 1 aliphatic rings. The normalized spacial score (nSPS) is 17.9. The molecule has 0 aliphatic carbocycles. The molecule has 3 rings (SSSR count). The molecule has 1 aliphatic heterocycles. The average molecular weight is 335 g/mol. The van der Waals surface area contributed by atoms with E-state index in [0.29, 0.717) is 5.92 Å². The second kappa shape index (κ2) is 8.19. The van der Waals surface area contributed by atoms with Gasteiger partial charge in [0.2, 0.25) is 0 Å². The molecule has 0 bridgehead atoms. The second-order valence-corrected chi connectivity index (χ2v) is 7.23. The molecule has 0 radical (unpaired) electrons. The van der Waals surface area contributed by atoms with Crippen molar-refractivity contribution >= 4 is 11.5 Å². The number of hydrogen-bond donors (Lipinski definition) is 1. The number of amidine groups is 1. The fraction of sp³-hybridized carbons (Fsp3) is 0.409. The Kier molecular flexibility index (Phi) is 5.75. The summed E-state index contributed by atoms with van der Waals surface area (Å²) in [4.78, 5) is 7.66. The number of anilines is 1. The summed E-state index contributed by atoms with van der Waals surface area (Å²) in [6, 6.07) is 18.9. The van der Waals surface area contributed by atoms with Crippen molar-refractivity contribution in [3.63, 3.8) is 0 Å². The quantitative estimate of drug-likeness (QED) is 0.777. The van der Waals surface area contributed by atoms with Gasteiger partial charge in [-0.2, -0.15) is 0 Å². The van der Waals surface area contributed by atoms with Gasteiger partial charge in [0.25, 0.3) is 0 Å². The highest BCUT2D eigenvalue weighted by Gasteiger charge is 2.22. The minimum absolute atomic E-state index is 0.118. The highest BCUT2D eigenvalue weighted by atomic mass is 15.2. The number of rotatable bonds is 5. The number of para-hydroxylation sites is 1. The highest BCUT2D eigenvalue weighted by molar-refractivity contribution is 5.83. The zero-order chi connectivity index (χ0) is 17.6. The van der Waals surface area contributed by atoms with Gasteiger partial charge in [0, 0.05) is 25.2 Å². The number of nitrogens with two attached hydrogens (primary N) is 1. The van der Waals surface area contributed by atoms with Gasteiger partial charge in [-0.1, -0.05) is 62.4 Å². The van der Waals surface area contributed by atoms with Gasteiger partial charge in [-0.05, 0) is 36.0 Å². The third kappa shape index (κ3) is 4.41. The van der Waals surface area contributed by atoms with Gasteiger partial charge in [0.05, 0.1) is 11.9 Å². The van der Waals surface area contributed by atoms with Crippen LogP contribution >= 0.6 is 0 Å². The monoisotopic (exact) mass is 335 g/mol. The molecule has 1 saturated heterocycles. The second-order valence-electron chi connectivity index (χ2n) is 7.23. The standard InChI is InChI=1S/C22H29N3/c1-17(2)22(19-12-6-7-13-20(19)23)24-21-14-8-9-15-25(21)16-18-10-4-3-5-11-18/h3-7,10-13,17,22H,8-9,14-16,23H2,1-2H3. The molecule has 1 atom stereocenters. The molecule has 0 saturated carbocycles. The summed E-state index contributed by atoms with van der Waals surface area (Å²) < 4.78 is 0. The molecule has 3 nitrogen and oxygen atoms in total. The van der Waals surface area contributed by atoms with E-state index in [0.717, 1.165) is 30.8 Å². The van der Waals surface area contributed by atoms with Crippen LogP contribution in [0.1, 0.15) is 50.3 Å². The van der Waals surface area contributed by atoms with Crippen LogP contribution in [0.15, 0.2) is 59.6 Å². The lowest BCUT2D eigenvalue weighted by molar-refractivity contribution is 0.356. The lowest BCUT2D eigenvalue weighted by Crippen LogP contribution is -2.35. The molecular weight excluding hydrogens is 306 g/mol. The SMILES string of the molecule is CC(C)C(N=C1CCCCN1Cc1ccccc1)c1ccccc1N. The van der Waals surface area contributed by atoms with Crippen LogP contribution in [0, 0.1) is 5.92 Å². The predicted molar refractivity (Wildman–Crippen MR) is 107 cm³/mol. The number of nitrogen functional groups attached to an aromatic ring is 1. The van der Waals surface area contributed by atoms with E-state index in [1.54, 1.807) is 0 Å².